The van der Waals surface area contributed by atoms with Crippen LogP contribution in [-0.4, -0.2) is 4.98 Å². The van der Waals surface area contributed by atoms with Crippen molar-refractivity contribution < 1.29 is 8.83 Å². The van der Waals surface area contributed by atoms with Gasteiger partial charge in [-0.1, -0.05) is 60.7 Å². The lowest BCUT2D eigenvalue weighted by molar-refractivity contribution is 0.619. The molecule has 4 nitrogen and oxygen atoms in total. The van der Waals surface area contributed by atoms with Gasteiger partial charge in [-0.3, -0.25) is 0 Å². The van der Waals surface area contributed by atoms with E-state index in [2.05, 4.69) is 95.9 Å². The largest absolute Gasteiger partial charge is 0.456 e. The second kappa shape index (κ2) is 9.06. The molecule has 0 saturated carbocycles. The summed E-state index contributed by atoms with van der Waals surface area (Å²) in [5.41, 5.74) is 7.33. The van der Waals surface area contributed by atoms with E-state index in [1.807, 2.05) is 53.8 Å². The van der Waals surface area contributed by atoms with E-state index in [0.717, 1.165) is 55.7 Å². The average molecular weight is 559 g/mol. The summed E-state index contributed by atoms with van der Waals surface area (Å²) in [4.78, 5) is 7.25. The standard InChI is InChI=1S/C37H22N2O2S/c1-3-9-23(10-4-1)37-38-36-32(41-37)20-19-31-35(36)29-21-25(16-18-30(29)40-31)39(24-11-5-2-6-12-24)26-15-17-28-27-13-7-8-14-33(27)42-34(28)22-26/h1-22H. The molecule has 5 heteroatoms. The number of para-hydroxylation sites is 1. The van der Waals surface area contributed by atoms with E-state index in [1.165, 1.54) is 20.2 Å². The normalized spacial score (nSPS) is 11.8. The lowest BCUT2D eigenvalue weighted by atomic mass is 10.1. The highest BCUT2D eigenvalue weighted by molar-refractivity contribution is 7.25. The van der Waals surface area contributed by atoms with Gasteiger partial charge in [0, 0.05) is 48.2 Å². The Labute approximate surface area is 244 Å². The molecule has 9 aromatic rings. The van der Waals surface area contributed by atoms with Gasteiger partial charge in [0.2, 0.25) is 5.89 Å². The summed E-state index contributed by atoms with van der Waals surface area (Å²) in [6, 6.07) is 46.2. The highest BCUT2D eigenvalue weighted by Gasteiger charge is 2.20. The first-order chi connectivity index (χ1) is 20.8. The molecule has 6 aromatic carbocycles. The molecule has 0 bridgehead atoms. The van der Waals surface area contributed by atoms with Crippen LogP contribution in [0.1, 0.15) is 0 Å². The lowest BCUT2D eigenvalue weighted by Gasteiger charge is -2.25. The van der Waals surface area contributed by atoms with Crippen LogP contribution in [0.25, 0.3) is 64.7 Å². The molecule has 0 spiro atoms. The first kappa shape index (κ1) is 23.3. The quantitative estimate of drug-likeness (QED) is 0.215. The number of benzene rings is 6. The predicted octanol–water partition coefficient (Wildman–Crippen LogP) is 11.2. The van der Waals surface area contributed by atoms with E-state index < -0.39 is 0 Å². The maximum Gasteiger partial charge on any atom is 0.227 e. The van der Waals surface area contributed by atoms with E-state index in [9.17, 15) is 0 Å². The van der Waals surface area contributed by atoms with E-state index in [-0.39, 0.29) is 0 Å². The van der Waals surface area contributed by atoms with E-state index in [4.69, 9.17) is 13.8 Å². The zero-order valence-electron chi connectivity index (χ0n) is 22.3. The molecule has 42 heavy (non-hydrogen) atoms. The summed E-state index contributed by atoms with van der Waals surface area (Å²) in [5, 5.41) is 4.55. The first-order valence-corrected chi connectivity index (χ1v) is 14.7. The summed E-state index contributed by atoms with van der Waals surface area (Å²) in [7, 11) is 0. The fourth-order valence-corrected chi connectivity index (χ4v) is 7.10. The molecule has 0 saturated heterocycles. The Morgan fingerprint density at radius 2 is 1.19 bits per heavy atom. The van der Waals surface area contributed by atoms with Gasteiger partial charge in [0.25, 0.3) is 0 Å². The highest BCUT2D eigenvalue weighted by atomic mass is 32.1. The van der Waals surface area contributed by atoms with Crippen LogP contribution in [0.3, 0.4) is 0 Å². The van der Waals surface area contributed by atoms with Crippen LogP contribution < -0.4 is 4.90 Å². The number of anilines is 3. The summed E-state index contributed by atoms with van der Waals surface area (Å²) >= 11 is 1.83. The van der Waals surface area contributed by atoms with Gasteiger partial charge in [-0.25, -0.2) is 4.98 Å². The predicted molar refractivity (Wildman–Crippen MR) is 174 cm³/mol. The monoisotopic (exact) mass is 558 g/mol. The molecular weight excluding hydrogens is 536 g/mol. The molecule has 198 valence electrons. The molecule has 3 heterocycles. The third-order valence-corrected chi connectivity index (χ3v) is 9.02. The van der Waals surface area contributed by atoms with E-state index in [0.29, 0.717) is 5.89 Å². The van der Waals surface area contributed by atoms with Crippen LogP contribution >= 0.6 is 11.3 Å². The zero-order chi connectivity index (χ0) is 27.6. The number of furan rings is 1. The molecule has 9 rings (SSSR count). The molecule has 0 unspecified atom stereocenters. The maximum absolute atomic E-state index is 6.31. The molecule has 0 aliphatic carbocycles. The minimum absolute atomic E-state index is 0.603. The van der Waals surface area contributed by atoms with Gasteiger partial charge in [-0.15, -0.1) is 11.3 Å². The number of fused-ring (bicyclic) bond motifs is 8. The fraction of sp³-hybridized carbons (Fsp3) is 0. The van der Waals surface area contributed by atoms with Crippen molar-refractivity contribution in [1.82, 2.24) is 4.98 Å². The maximum atomic E-state index is 6.31. The van der Waals surface area contributed by atoms with E-state index >= 15 is 0 Å². The Balaban J connectivity index is 1.26. The molecule has 0 radical (unpaired) electrons. The molecule has 0 atom stereocenters. The second-order valence-electron chi connectivity index (χ2n) is 10.4. The number of nitrogens with zero attached hydrogens (tertiary/aromatic N) is 2. The van der Waals surface area contributed by atoms with Crippen molar-refractivity contribution in [1.29, 1.82) is 0 Å². The Bertz CT molecular complexity index is 2420. The first-order valence-electron chi connectivity index (χ1n) is 13.9. The van der Waals surface area contributed by atoms with Crippen molar-refractivity contribution in [2.45, 2.75) is 0 Å². The van der Waals surface area contributed by atoms with Crippen molar-refractivity contribution in [2.75, 3.05) is 4.90 Å². The lowest BCUT2D eigenvalue weighted by Crippen LogP contribution is -2.09. The Morgan fingerprint density at radius 3 is 2.07 bits per heavy atom. The number of aromatic nitrogens is 1. The van der Waals surface area contributed by atoms with Crippen LogP contribution in [0, 0.1) is 0 Å². The minimum Gasteiger partial charge on any atom is -0.456 e. The molecule has 3 aromatic heterocycles. The number of oxazole rings is 1. The summed E-state index contributed by atoms with van der Waals surface area (Å²) in [6.07, 6.45) is 0. The van der Waals surface area contributed by atoms with Crippen molar-refractivity contribution >= 4 is 81.6 Å². The minimum atomic E-state index is 0.603. The average Bonchev–Trinajstić information content (AvgIpc) is 3.75. The number of rotatable bonds is 4. The summed E-state index contributed by atoms with van der Waals surface area (Å²) in [5.74, 6) is 0.603. The van der Waals surface area contributed by atoms with Gasteiger partial charge in [-0.2, -0.15) is 0 Å². The molecule has 0 amide bonds. The van der Waals surface area contributed by atoms with Crippen molar-refractivity contribution in [3.63, 3.8) is 0 Å². The summed E-state index contributed by atoms with van der Waals surface area (Å²) < 4.78 is 15.1. The van der Waals surface area contributed by atoms with Crippen molar-refractivity contribution in [3.8, 4) is 11.5 Å². The van der Waals surface area contributed by atoms with Crippen LogP contribution in [-0.2, 0) is 0 Å². The topological polar surface area (TPSA) is 42.4 Å². The van der Waals surface area contributed by atoms with Crippen LogP contribution in [0.2, 0.25) is 0 Å². The third-order valence-electron chi connectivity index (χ3n) is 7.89. The van der Waals surface area contributed by atoms with Crippen LogP contribution in [0.15, 0.2) is 142 Å². The van der Waals surface area contributed by atoms with Crippen LogP contribution in [0.4, 0.5) is 17.1 Å². The molecule has 0 aliphatic rings. The third kappa shape index (κ3) is 3.57. The SMILES string of the molecule is c1ccc(-c2nc3c(ccc4oc5ccc(N(c6ccccc6)c6ccc7c(c6)sc6ccccc67)cc5c43)o2)cc1. The summed E-state index contributed by atoms with van der Waals surface area (Å²) in [6.45, 7) is 0. The van der Waals surface area contributed by atoms with Gasteiger partial charge >= 0.3 is 0 Å². The molecule has 0 fully saturated rings. The van der Waals surface area contributed by atoms with Gasteiger partial charge in [0.1, 0.15) is 16.7 Å². The second-order valence-corrected chi connectivity index (χ2v) is 11.5. The molecular formula is C37H22N2O2S. The van der Waals surface area contributed by atoms with Gasteiger partial charge in [-0.05, 0) is 72.8 Å². The fourth-order valence-electron chi connectivity index (χ4n) is 5.96. The Hall–Kier alpha value is -5.39. The smallest absolute Gasteiger partial charge is 0.227 e. The Kier molecular flexibility index (Phi) is 5.03. The van der Waals surface area contributed by atoms with Crippen molar-refractivity contribution in [2.24, 2.45) is 0 Å². The van der Waals surface area contributed by atoms with E-state index in [1.54, 1.807) is 0 Å². The molecule has 0 N–H and O–H groups in total. The molecule has 0 aliphatic heterocycles. The van der Waals surface area contributed by atoms with Gasteiger partial charge in [0.05, 0.1) is 5.39 Å². The van der Waals surface area contributed by atoms with Crippen LogP contribution in [0.5, 0.6) is 0 Å². The highest BCUT2D eigenvalue weighted by Crippen LogP contribution is 2.43. The van der Waals surface area contributed by atoms with Crippen molar-refractivity contribution in [3.05, 3.63) is 133 Å². The van der Waals surface area contributed by atoms with Gasteiger partial charge in [0.15, 0.2) is 5.58 Å². The Morgan fingerprint density at radius 1 is 0.500 bits per heavy atom. The number of hydrogen-bond acceptors (Lipinski definition) is 5. The number of hydrogen-bond donors (Lipinski definition) is 0. The van der Waals surface area contributed by atoms with Gasteiger partial charge < -0.3 is 13.7 Å². The number of thiophene rings is 1. The zero-order valence-corrected chi connectivity index (χ0v) is 23.1.